The smallest absolute Gasteiger partial charge is 0.232 e. The van der Waals surface area contributed by atoms with Crippen molar-refractivity contribution in [2.24, 2.45) is 11.3 Å². The molecule has 0 bridgehead atoms. The van der Waals surface area contributed by atoms with Crippen molar-refractivity contribution in [2.45, 2.75) is 46.1 Å². The highest BCUT2D eigenvalue weighted by atomic mass is 35.5. The first-order valence-corrected chi connectivity index (χ1v) is 9.93. The molecule has 0 radical (unpaired) electrons. The van der Waals surface area contributed by atoms with Gasteiger partial charge in [-0.3, -0.25) is 4.79 Å². The zero-order valence-electron chi connectivity index (χ0n) is 16.5. The van der Waals surface area contributed by atoms with E-state index in [1.807, 2.05) is 19.1 Å². The molecule has 0 spiro atoms. The van der Waals surface area contributed by atoms with Crippen LogP contribution in [0.1, 0.15) is 43.7 Å². The summed E-state index contributed by atoms with van der Waals surface area (Å²) in [7, 11) is 0. The number of halogens is 1. The van der Waals surface area contributed by atoms with Crippen LogP contribution in [0.4, 0.5) is 5.69 Å². The van der Waals surface area contributed by atoms with Crippen molar-refractivity contribution < 1.29 is 14.3 Å². The largest absolute Gasteiger partial charge is 0.379 e. The van der Waals surface area contributed by atoms with Crippen LogP contribution in [0.25, 0.3) is 0 Å². The summed E-state index contributed by atoms with van der Waals surface area (Å²) in [5, 5.41) is 6.68. The van der Waals surface area contributed by atoms with E-state index in [2.05, 4.69) is 23.6 Å². The Bertz CT molecular complexity index is 625. The van der Waals surface area contributed by atoms with Crippen LogP contribution in [-0.2, 0) is 20.9 Å². The first kappa shape index (κ1) is 22.2. The molecule has 2 fully saturated rings. The molecular weight excluding hydrogens is 364 g/mol. The minimum Gasteiger partial charge on any atom is -0.379 e. The van der Waals surface area contributed by atoms with Gasteiger partial charge in [-0.05, 0) is 56.3 Å². The molecule has 1 amide bonds. The average molecular weight is 397 g/mol. The second kappa shape index (κ2) is 10.4. The number of fused-ring (bicyclic) bond motifs is 1. The molecule has 5 nitrogen and oxygen atoms in total. The molecule has 2 N–H and O–H groups in total. The lowest BCUT2D eigenvalue weighted by Crippen LogP contribution is -2.44. The quantitative estimate of drug-likeness (QED) is 0.658. The predicted octanol–water partition coefficient (Wildman–Crippen LogP) is 3.69. The third-order valence-corrected chi connectivity index (χ3v) is 6.02. The fourth-order valence-corrected chi connectivity index (χ4v) is 4.36. The fourth-order valence-electron chi connectivity index (χ4n) is 4.36. The van der Waals surface area contributed by atoms with Crippen LogP contribution in [0.5, 0.6) is 0 Å². The van der Waals surface area contributed by atoms with Gasteiger partial charge < -0.3 is 20.1 Å². The average Bonchev–Trinajstić information content (AvgIpc) is 3.09. The van der Waals surface area contributed by atoms with E-state index in [1.54, 1.807) is 0 Å². The van der Waals surface area contributed by atoms with Gasteiger partial charge in [0.25, 0.3) is 0 Å². The Morgan fingerprint density at radius 2 is 2.11 bits per heavy atom. The summed E-state index contributed by atoms with van der Waals surface area (Å²) in [6.45, 7) is 8.26. The Morgan fingerprint density at radius 1 is 1.30 bits per heavy atom. The zero-order valence-corrected chi connectivity index (χ0v) is 17.3. The molecular formula is C21H33ClN2O3. The van der Waals surface area contributed by atoms with Crippen molar-refractivity contribution >= 4 is 24.0 Å². The Hall–Kier alpha value is -1.14. The number of carbonyl (C=O) groups excluding carboxylic acids is 1. The summed E-state index contributed by atoms with van der Waals surface area (Å²) in [6.07, 6.45) is 4.55. The number of hydrogen-bond donors (Lipinski definition) is 2. The number of benzene rings is 1. The number of nitrogens with one attached hydrogen (secondary N) is 2. The maximum Gasteiger partial charge on any atom is 0.232 e. The third-order valence-electron chi connectivity index (χ3n) is 6.02. The molecule has 1 aromatic rings. The van der Waals surface area contributed by atoms with Crippen molar-refractivity contribution in [3.05, 3.63) is 29.3 Å². The van der Waals surface area contributed by atoms with Gasteiger partial charge in [-0.1, -0.05) is 25.0 Å². The summed E-state index contributed by atoms with van der Waals surface area (Å²) in [6, 6.07) is 6.05. The highest BCUT2D eigenvalue weighted by molar-refractivity contribution is 5.96. The highest BCUT2D eigenvalue weighted by Gasteiger charge is 2.49. The molecule has 27 heavy (non-hydrogen) atoms. The maximum atomic E-state index is 13.2. The minimum atomic E-state index is -0.227. The van der Waals surface area contributed by atoms with Crippen LogP contribution in [-0.4, -0.2) is 38.8 Å². The molecule has 2 aliphatic rings. The SMILES string of the molecule is CCOCCOCc1cccc(NC(=O)[C@@]23CCCC[C@H]2CNC3)c1C.Cl. The monoisotopic (exact) mass is 396 g/mol. The van der Waals surface area contributed by atoms with Crippen molar-refractivity contribution in [3.8, 4) is 0 Å². The molecule has 1 saturated carbocycles. The van der Waals surface area contributed by atoms with Gasteiger partial charge in [-0.2, -0.15) is 0 Å². The Balaban J connectivity index is 0.00000261. The van der Waals surface area contributed by atoms with Crippen LogP contribution in [0.15, 0.2) is 18.2 Å². The molecule has 3 rings (SSSR count). The lowest BCUT2D eigenvalue weighted by atomic mass is 9.67. The van der Waals surface area contributed by atoms with Gasteiger partial charge in [0.15, 0.2) is 0 Å². The standard InChI is InChI=1S/C21H32N2O3.ClH/c1-3-25-11-12-26-14-17-7-6-9-19(16(17)2)23-20(24)21-10-5-4-8-18(21)13-22-15-21;/h6-7,9,18,22H,3-5,8,10-15H2,1-2H3,(H,23,24);1H/t18-,21+;/m0./s1. The summed E-state index contributed by atoms with van der Waals surface area (Å²) < 4.78 is 11.0. The number of rotatable bonds is 8. The van der Waals surface area contributed by atoms with Crippen LogP contribution in [0, 0.1) is 18.3 Å². The summed E-state index contributed by atoms with van der Waals surface area (Å²) in [5.74, 6) is 0.659. The number of amides is 1. The molecule has 0 unspecified atom stereocenters. The number of carbonyl (C=O) groups is 1. The molecule has 0 aromatic heterocycles. The Morgan fingerprint density at radius 3 is 2.93 bits per heavy atom. The summed E-state index contributed by atoms with van der Waals surface area (Å²) >= 11 is 0. The van der Waals surface area contributed by atoms with Gasteiger partial charge >= 0.3 is 0 Å². The van der Waals surface area contributed by atoms with Gasteiger partial charge in [0.05, 0.1) is 25.2 Å². The molecule has 1 heterocycles. The first-order chi connectivity index (χ1) is 12.7. The van der Waals surface area contributed by atoms with Gasteiger partial charge in [-0.25, -0.2) is 0 Å². The van der Waals surface area contributed by atoms with Crippen molar-refractivity contribution in [2.75, 3.05) is 38.2 Å². The first-order valence-electron chi connectivity index (χ1n) is 9.93. The predicted molar refractivity (Wildman–Crippen MR) is 110 cm³/mol. The molecule has 1 aliphatic heterocycles. The fraction of sp³-hybridized carbons (Fsp3) is 0.667. The number of anilines is 1. The summed E-state index contributed by atoms with van der Waals surface area (Å²) in [4.78, 5) is 13.2. The lowest BCUT2D eigenvalue weighted by Gasteiger charge is -2.37. The molecule has 6 heteroatoms. The number of ether oxygens (including phenoxy) is 2. The topological polar surface area (TPSA) is 59.6 Å². The second-order valence-corrected chi connectivity index (χ2v) is 7.52. The van der Waals surface area contributed by atoms with Crippen LogP contribution in [0.3, 0.4) is 0 Å². The van der Waals surface area contributed by atoms with Gasteiger partial charge in [0, 0.05) is 18.8 Å². The molecule has 2 atom stereocenters. The van der Waals surface area contributed by atoms with E-state index in [0.717, 1.165) is 49.2 Å². The third kappa shape index (κ3) is 5.02. The van der Waals surface area contributed by atoms with E-state index in [1.165, 1.54) is 6.42 Å². The Kier molecular flexibility index (Phi) is 8.55. The summed E-state index contributed by atoms with van der Waals surface area (Å²) in [5.41, 5.74) is 2.88. The normalized spacial score (nSPS) is 24.1. The van der Waals surface area contributed by atoms with Gasteiger partial charge in [0.1, 0.15) is 0 Å². The van der Waals surface area contributed by atoms with Crippen LogP contribution in [0.2, 0.25) is 0 Å². The van der Waals surface area contributed by atoms with E-state index in [-0.39, 0.29) is 23.7 Å². The minimum absolute atomic E-state index is 0. The lowest BCUT2D eigenvalue weighted by molar-refractivity contribution is -0.128. The molecule has 1 aliphatic carbocycles. The Labute approximate surface area is 169 Å². The number of hydrogen-bond acceptors (Lipinski definition) is 4. The van der Waals surface area contributed by atoms with Crippen molar-refractivity contribution in [3.63, 3.8) is 0 Å². The highest BCUT2D eigenvalue weighted by Crippen LogP contribution is 2.44. The molecule has 1 saturated heterocycles. The second-order valence-electron chi connectivity index (χ2n) is 7.52. The van der Waals surface area contributed by atoms with E-state index in [0.29, 0.717) is 32.3 Å². The van der Waals surface area contributed by atoms with Crippen molar-refractivity contribution in [1.82, 2.24) is 5.32 Å². The maximum absolute atomic E-state index is 13.2. The van der Waals surface area contributed by atoms with E-state index in [4.69, 9.17) is 9.47 Å². The van der Waals surface area contributed by atoms with Gasteiger partial charge in [0.2, 0.25) is 5.91 Å². The molecule has 1 aromatic carbocycles. The van der Waals surface area contributed by atoms with E-state index in [9.17, 15) is 4.79 Å². The van der Waals surface area contributed by atoms with Gasteiger partial charge in [-0.15, -0.1) is 12.4 Å². The van der Waals surface area contributed by atoms with Crippen LogP contribution < -0.4 is 10.6 Å². The van der Waals surface area contributed by atoms with Crippen LogP contribution >= 0.6 is 12.4 Å². The van der Waals surface area contributed by atoms with E-state index < -0.39 is 0 Å². The van der Waals surface area contributed by atoms with Crippen molar-refractivity contribution in [1.29, 1.82) is 0 Å². The zero-order chi connectivity index (χ0) is 18.4. The van der Waals surface area contributed by atoms with E-state index >= 15 is 0 Å². The molecule has 152 valence electrons.